The van der Waals surface area contributed by atoms with E-state index in [1.807, 2.05) is 30.5 Å². The quantitative estimate of drug-likeness (QED) is 0.754. The molecule has 2 aromatic heterocycles. The largest absolute Gasteiger partial charge is 0.497 e. The van der Waals surface area contributed by atoms with Crippen LogP contribution in [0.2, 0.25) is 0 Å². The molecule has 0 saturated heterocycles. The highest BCUT2D eigenvalue weighted by Crippen LogP contribution is 2.34. The Morgan fingerprint density at radius 3 is 2.68 bits per heavy atom. The molecule has 3 rings (SSSR count). The maximum Gasteiger partial charge on any atom is 0.276 e. The second kappa shape index (κ2) is 7.31. The van der Waals surface area contributed by atoms with E-state index in [1.165, 1.54) is 11.3 Å². The Bertz CT molecular complexity index is 908. The number of amides is 1. The molecule has 1 N–H and O–H groups in total. The third-order valence-corrected chi connectivity index (χ3v) is 4.29. The zero-order valence-corrected chi connectivity index (χ0v) is 14.9. The first kappa shape index (κ1) is 16.9. The normalized spacial score (nSPS) is 10.4. The summed E-state index contributed by atoms with van der Waals surface area (Å²) in [6.45, 7) is 1.84. The Morgan fingerprint density at radius 2 is 1.96 bits per heavy atom. The number of carbonyl (C=O) groups excluding carboxylic acids is 1. The number of nitrogens with zero attached hydrogens (tertiary/aromatic N) is 2. The molecular formula is C18H17N3O3S. The van der Waals surface area contributed by atoms with Crippen molar-refractivity contribution in [3.05, 3.63) is 53.2 Å². The van der Waals surface area contributed by atoms with Crippen LogP contribution < -0.4 is 14.8 Å². The van der Waals surface area contributed by atoms with Gasteiger partial charge in [0.1, 0.15) is 17.2 Å². The fourth-order valence-electron chi connectivity index (χ4n) is 2.30. The van der Waals surface area contributed by atoms with Crippen molar-refractivity contribution in [2.45, 2.75) is 6.92 Å². The van der Waals surface area contributed by atoms with Crippen molar-refractivity contribution >= 4 is 22.4 Å². The van der Waals surface area contributed by atoms with Crippen molar-refractivity contribution in [2.75, 3.05) is 19.5 Å². The van der Waals surface area contributed by atoms with Crippen molar-refractivity contribution < 1.29 is 14.3 Å². The van der Waals surface area contributed by atoms with E-state index in [1.54, 1.807) is 32.4 Å². The van der Waals surface area contributed by atoms with Gasteiger partial charge in [-0.15, -0.1) is 11.3 Å². The van der Waals surface area contributed by atoms with Crippen molar-refractivity contribution in [2.24, 2.45) is 0 Å². The highest BCUT2D eigenvalue weighted by molar-refractivity contribution is 7.14. The summed E-state index contributed by atoms with van der Waals surface area (Å²) in [5, 5.41) is 5.14. The molecule has 128 valence electrons. The van der Waals surface area contributed by atoms with E-state index in [2.05, 4.69) is 15.3 Å². The lowest BCUT2D eigenvalue weighted by Crippen LogP contribution is -2.13. The maximum absolute atomic E-state index is 12.3. The molecule has 0 fully saturated rings. The molecule has 0 bridgehead atoms. The van der Waals surface area contributed by atoms with Gasteiger partial charge in [0.15, 0.2) is 5.13 Å². The lowest BCUT2D eigenvalue weighted by molar-refractivity contribution is 0.102. The number of hydrogen-bond donors (Lipinski definition) is 1. The number of carbonyl (C=O) groups is 1. The van der Waals surface area contributed by atoms with Crippen LogP contribution in [0.4, 0.5) is 5.13 Å². The number of aryl methyl sites for hydroxylation is 1. The lowest BCUT2D eigenvalue weighted by atomic mass is 10.1. The summed E-state index contributed by atoms with van der Waals surface area (Å²) in [6.07, 6.45) is 0. The molecular weight excluding hydrogens is 338 g/mol. The standard InChI is InChI=1S/C18H17N3O3S/c1-11-5-4-6-14(19-11)17(22)21-18-20-15(10-25-18)13-8-7-12(23-2)9-16(13)24-3/h4-10H,1-3H3,(H,20,21,22). The Labute approximate surface area is 149 Å². The van der Waals surface area contributed by atoms with Crippen LogP contribution in [0.25, 0.3) is 11.3 Å². The van der Waals surface area contributed by atoms with Gasteiger partial charge in [0, 0.05) is 22.7 Å². The van der Waals surface area contributed by atoms with E-state index in [9.17, 15) is 4.79 Å². The molecule has 3 aromatic rings. The Kier molecular flexibility index (Phi) is 4.95. The number of hydrogen-bond acceptors (Lipinski definition) is 6. The number of anilines is 1. The molecule has 0 spiro atoms. The van der Waals surface area contributed by atoms with Crippen molar-refractivity contribution in [1.29, 1.82) is 0 Å². The van der Waals surface area contributed by atoms with Crippen LogP contribution in [-0.2, 0) is 0 Å². The average molecular weight is 355 g/mol. The molecule has 25 heavy (non-hydrogen) atoms. The van der Waals surface area contributed by atoms with Crippen LogP contribution in [0.3, 0.4) is 0 Å². The molecule has 0 aliphatic carbocycles. The molecule has 1 aromatic carbocycles. The lowest BCUT2D eigenvalue weighted by Gasteiger charge is -2.08. The first-order chi connectivity index (χ1) is 12.1. The predicted octanol–water partition coefficient (Wildman–Crippen LogP) is 3.78. The minimum absolute atomic E-state index is 0.286. The molecule has 0 radical (unpaired) electrons. The van der Waals surface area contributed by atoms with E-state index >= 15 is 0 Å². The molecule has 2 heterocycles. The van der Waals surface area contributed by atoms with Gasteiger partial charge in [-0.3, -0.25) is 10.1 Å². The van der Waals surface area contributed by atoms with Crippen LogP contribution in [0, 0.1) is 6.92 Å². The Morgan fingerprint density at radius 1 is 1.12 bits per heavy atom. The van der Waals surface area contributed by atoms with E-state index in [4.69, 9.17) is 9.47 Å². The van der Waals surface area contributed by atoms with Gasteiger partial charge in [-0.2, -0.15) is 0 Å². The van der Waals surface area contributed by atoms with Crippen molar-refractivity contribution in [3.63, 3.8) is 0 Å². The first-order valence-electron chi connectivity index (χ1n) is 7.53. The van der Waals surface area contributed by atoms with Gasteiger partial charge >= 0.3 is 0 Å². The molecule has 0 unspecified atom stereocenters. The summed E-state index contributed by atoms with van der Waals surface area (Å²) in [4.78, 5) is 21.0. The van der Waals surface area contributed by atoms with Gasteiger partial charge in [-0.1, -0.05) is 6.07 Å². The Hall–Kier alpha value is -2.93. The molecule has 0 aliphatic heterocycles. The summed E-state index contributed by atoms with van der Waals surface area (Å²) in [7, 11) is 3.20. The van der Waals surface area contributed by atoms with E-state index in [-0.39, 0.29) is 5.91 Å². The highest BCUT2D eigenvalue weighted by Gasteiger charge is 2.14. The second-order valence-corrected chi connectivity index (χ2v) is 6.08. The second-order valence-electron chi connectivity index (χ2n) is 5.22. The van der Waals surface area contributed by atoms with Gasteiger partial charge in [-0.25, -0.2) is 9.97 Å². The number of pyridine rings is 1. The maximum atomic E-state index is 12.3. The van der Waals surface area contributed by atoms with Gasteiger partial charge in [0.2, 0.25) is 0 Å². The fourth-order valence-corrected chi connectivity index (χ4v) is 3.00. The summed E-state index contributed by atoms with van der Waals surface area (Å²) in [5.74, 6) is 1.07. The van der Waals surface area contributed by atoms with Gasteiger partial charge < -0.3 is 9.47 Å². The number of methoxy groups -OCH3 is 2. The third kappa shape index (κ3) is 3.77. The Balaban J connectivity index is 1.82. The molecule has 0 aliphatic rings. The average Bonchev–Trinajstić information content (AvgIpc) is 3.09. The van der Waals surface area contributed by atoms with E-state index in [0.29, 0.717) is 22.3 Å². The minimum Gasteiger partial charge on any atom is -0.497 e. The number of rotatable bonds is 5. The fraction of sp³-hybridized carbons (Fsp3) is 0.167. The van der Waals surface area contributed by atoms with Crippen LogP contribution in [0.15, 0.2) is 41.8 Å². The predicted molar refractivity (Wildman–Crippen MR) is 97.6 cm³/mol. The van der Waals surface area contributed by atoms with Gasteiger partial charge in [0.05, 0.1) is 19.9 Å². The molecule has 1 amide bonds. The van der Waals surface area contributed by atoms with Crippen LogP contribution in [-0.4, -0.2) is 30.1 Å². The molecule has 6 nitrogen and oxygen atoms in total. The number of aromatic nitrogens is 2. The number of thiazole rings is 1. The minimum atomic E-state index is -0.286. The van der Waals surface area contributed by atoms with Crippen LogP contribution >= 0.6 is 11.3 Å². The molecule has 0 saturated carbocycles. The summed E-state index contributed by atoms with van der Waals surface area (Å²) < 4.78 is 10.6. The molecule has 7 heteroatoms. The SMILES string of the molecule is COc1ccc(-c2csc(NC(=O)c3cccc(C)n3)n2)c(OC)c1. The van der Waals surface area contributed by atoms with Crippen molar-refractivity contribution in [3.8, 4) is 22.8 Å². The third-order valence-electron chi connectivity index (χ3n) is 3.53. The zero-order valence-electron chi connectivity index (χ0n) is 14.1. The first-order valence-corrected chi connectivity index (χ1v) is 8.41. The number of benzene rings is 1. The summed E-state index contributed by atoms with van der Waals surface area (Å²) >= 11 is 1.34. The molecule has 0 atom stereocenters. The summed E-state index contributed by atoms with van der Waals surface area (Å²) in [5.41, 5.74) is 2.69. The smallest absolute Gasteiger partial charge is 0.276 e. The van der Waals surface area contributed by atoms with Gasteiger partial charge in [-0.05, 0) is 31.2 Å². The summed E-state index contributed by atoms with van der Waals surface area (Å²) in [6, 6.07) is 10.8. The number of nitrogens with one attached hydrogen (secondary N) is 1. The van der Waals surface area contributed by atoms with Crippen molar-refractivity contribution in [1.82, 2.24) is 9.97 Å². The number of ether oxygens (including phenoxy) is 2. The van der Waals surface area contributed by atoms with Gasteiger partial charge in [0.25, 0.3) is 5.91 Å². The zero-order chi connectivity index (χ0) is 17.8. The van der Waals surface area contributed by atoms with Crippen LogP contribution in [0.1, 0.15) is 16.2 Å². The van der Waals surface area contributed by atoms with Crippen LogP contribution in [0.5, 0.6) is 11.5 Å². The monoisotopic (exact) mass is 355 g/mol. The topological polar surface area (TPSA) is 73.3 Å². The highest BCUT2D eigenvalue weighted by atomic mass is 32.1. The van der Waals surface area contributed by atoms with E-state index in [0.717, 1.165) is 17.0 Å². The van der Waals surface area contributed by atoms with E-state index < -0.39 is 0 Å².